The number of hydrogen-bond donors (Lipinski definition) is 0. The van der Waals surface area contributed by atoms with Crippen LogP contribution in [-0.4, -0.2) is 50.3 Å². The second-order valence-corrected chi connectivity index (χ2v) is 7.26. The van der Waals surface area contributed by atoms with Gasteiger partial charge in [0.1, 0.15) is 6.04 Å². The lowest BCUT2D eigenvalue weighted by molar-refractivity contribution is -0.138. The van der Waals surface area contributed by atoms with Gasteiger partial charge in [-0.1, -0.05) is 0 Å². The number of fused-ring (bicyclic) bond motifs is 1. The number of amides is 2. The predicted molar refractivity (Wildman–Crippen MR) is 101 cm³/mol. The van der Waals surface area contributed by atoms with Crippen molar-refractivity contribution in [2.24, 2.45) is 0 Å². The second-order valence-electron chi connectivity index (χ2n) is 7.26. The Kier molecular flexibility index (Phi) is 5.02. The summed E-state index contributed by atoms with van der Waals surface area (Å²) in [6, 6.07) is 2.80. The lowest BCUT2D eigenvalue weighted by atomic mass is 9.98. The molecule has 1 fully saturated rings. The van der Waals surface area contributed by atoms with Gasteiger partial charge in [-0.15, -0.1) is 0 Å². The third-order valence-electron chi connectivity index (χ3n) is 5.63. The van der Waals surface area contributed by atoms with Crippen LogP contribution in [0.1, 0.15) is 48.0 Å². The van der Waals surface area contributed by atoms with Crippen LogP contribution in [0.4, 0.5) is 0 Å². The van der Waals surface area contributed by atoms with Gasteiger partial charge in [0.15, 0.2) is 5.76 Å². The maximum absolute atomic E-state index is 13.2. The van der Waals surface area contributed by atoms with Crippen molar-refractivity contribution in [2.45, 2.75) is 51.7 Å². The normalized spacial score (nSPS) is 19.4. The third kappa shape index (κ3) is 3.23. The minimum atomic E-state index is -0.496. The zero-order valence-electron chi connectivity index (χ0n) is 16.0. The molecule has 0 N–H and O–H groups in total. The highest BCUT2D eigenvalue weighted by molar-refractivity contribution is 5.95. The van der Waals surface area contributed by atoms with E-state index in [4.69, 9.17) is 4.42 Å². The summed E-state index contributed by atoms with van der Waals surface area (Å²) in [7, 11) is 0. The minimum absolute atomic E-state index is 0.0214. The molecule has 0 saturated carbocycles. The average Bonchev–Trinajstić information content (AvgIpc) is 3.27. The standard InChI is InChI=1S/C20H24N4O4/c1-2-22-13-21-15-12-23(10-8-14(15)18(22)25)19(26)16-6-3-4-9-24(16)20(27)17-7-5-11-28-17/h5,7,11,13,16H,2-4,6,8-10,12H2,1H3/t16-/m1/s1. The number of nitrogens with zero attached hydrogens (tertiary/aromatic N) is 4. The summed E-state index contributed by atoms with van der Waals surface area (Å²) in [5.41, 5.74) is 1.33. The van der Waals surface area contributed by atoms with Crippen LogP contribution in [-0.2, 0) is 24.3 Å². The molecule has 8 heteroatoms. The third-order valence-corrected chi connectivity index (χ3v) is 5.63. The van der Waals surface area contributed by atoms with Gasteiger partial charge in [-0.25, -0.2) is 4.98 Å². The summed E-state index contributed by atoms with van der Waals surface area (Å²) < 4.78 is 6.82. The zero-order valence-corrected chi connectivity index (χ0v) is 16.0. The van der Waals surface area contributed by atoms with Gasteiger partial charge in [0.2, 0.25) is 5.91 Å². The van der Waals surface area contributed by atoms with Crippen molar-refractivity contribution in [3.8, 4) is 0 Å². The first-order valence-electron chi connectivity index (χ1n) is 9.80. The van der Waals surface area contributed by atoms with E-state index in [2.05, 4.69) is 4.98 Å². The number of hydrogen-bond acceptors (Lipinski definition) is 5. The Morgan fingerprint density at radius 1 is 1.29 bits per heavy atom. The van der Waals surface area contributed by atoms with Gasteiger partial charge in [0, 0.05) is 25.2 Å². The molecule has 0 unspecified atom stereocenters. The summed E-state index contributed by atoms with van der Waals surface area (Å²) in [6.45, 7) is 3.80. The molecule has 0 radical (unpaired) electrons. The molecule has 2 aliphatic heterocycles. The first kappa shape index (κ1) is 18.5. The van der Waals surface area contributed by atoms with Crippen LogP contribution in [0.2, 0.25) is 0 Å². The number of carbonyl (C=O) groups is 2. The van der Waals surface area contributed by atoms with E-state index in [1.54, 1.807) is 32.8 Å². The van der Waals surface area contributed by atoms with E-state index in [1.165, 1.54) is 6.26 Å². The molecular formula is C20H24N4O4. The molecule has 0 aromatic carbocycles. The molecule has 0 bridgehead atoms. The van der Waals surface area contributed by atoms with Gasteiger partial charge in [-0.3, -0.25) is 19.0 Å². The molecule has 1 saturated heterocycles. The number of piperidine rings is 1. The molecule has 1 atom stereocenters. The molecule has 2 amide bonds. The highest BCUT2D eigenvalue weighted by Crippen LogP contribution is 2.24. The predicted octanol–water partition coefficient (Wildman–Crippen LogP) is 1.44. The highest BCUT2D eigenvalue weighted by Gasteiger charge is 2.37. The Bertz CT molecular complexity index is 934. The SMILES string of the molecule is CCn1cnc2c(c1=O)CCN(C(=O)[C@H]1CCCCN1C(=O)c1ccco1)C2. The maximum Gasteiger partial charge on any atom is 0.290 e. The van der Waals surface area contributed by atoms with E-state index in [0.717, 1.165) is 12.8 Å². The Balaban J connectivity index is 1.54. The number of carbonyl (C=O) groups excluding carboxylic acids is 2. The van der Waals surface area contributed by atoms with Gasteiger partial charge >= 0.3 is 0 Å². The second kappa shape index (κ2) is 7.61. The number of aromatic nitrogens is 2. The van der Waals surface area contributed by atoms with Crippen LogP contribution in [0.15, 0.2) is 33.9 Å². The van der Waals surface area contributed by atoms with E-state index in [9.17, 15) is 14.4 Å². The fourth-order valence-corrected chi connectivity index (χ4v) is 4.06. The number of aryl methyl sites for hydroxylation is 1. The summed E-state index contributed by atoms with van der Waals surface area (Å²) in [5.74, 6) is -0.0679. The van der Waals surface area contributed by atoms with Gasteiger partial charge in [-0.2, -0.15) is 0 Å². The van der Waals surface area contributed by atoms with Gasteiger partial charge in [0.05, 0.1) is 24.8 Å². The average molecular weight is 384 g/mol. The van der Waals surface area contributed by atoms with E-state index < -0.39 is 6.04 Å². The molecule has 8 nitrogen and oxygen atoms in total. The molecule has 28 heavy (non-hydrogen) atoms. The molecule has 2 aromatic heterocycles. The van der Waals surface area contributed by atoms with Gasteiger partial charge < -0.3 is 14.2 Å². The molecule has 4 heterocycles. The topological polar surface area (TPSA) is 88.7 Å². The van der Waals surface area contributed by atoms with Crippen molar-refractivity contribution in [1.82, 2.24) is 19.4 Å². The number of furan rings is 1. The van der Waals surface area contributed by atoms with Crippen LogP contribution in [0.5, 0.6) is 0 Å². The summed E-state index contributed by atoms with van der Waals surface area (Å²) in [6.07, 6.45) is 5.91. The van der Waals surface area contributed by atoms with Crippen molar-refractivity contribution >= 4 is 11.8 Å². The maximum atomic E-state index is 13.2. The van der Waals surface area contributed by atoms with Gasteiger partial charge in [0.25, 0.3) is 11.5 Å². The van der Waals surface area contributed by atoms with Crippen molar-refractivity contribution in [1.29, 1.82) is 0 Å². The first-order chi connectivity index (χ1) is 13.6. The Hall–Kier alpha value is -2.90. The fraction of sp³-hybridized carbons (Fsp3) is 0.500. The quantitative estimate of drug-likeness (QED) is 0.799. The molecule has 4 rings (SSSR count). The smallest absolute Gasteiger partial charge is 0.290 e. The van der Waals surface area contributed by atoms with Crippen molar-refractivity contribution in [3.63, 3.8) is 0 Å². The van der Waals surface area contributed by atoms with E-state index in [1.807, 2.05) is 6.92 Å². The highest BCUT2D eigenvalue weighted by atomic mass is 16.3. The Morgan fingerprint density at radius 3 is 2.89 bits per heavy atom. The van der Waals surface area contributed by atoms with Crippen LogP contribution >= 0.6 is 0 Å². The minimum Gasteiger partial charge on any atom is -0.459 e. The fourth-order valence-electron chi connectivity index (χ4n) is 4.06. The van der Waals surface area contributed by atoms with Crippen LogP contribution in [0, 0.1) is 0 Å². The summed E-state index contributed by atoms with van der Waals surface area (Å²) in [4.78, 5) is 46.2. The lowest BCUT2D eigenvalue weighted by Crippen LogP contribution is -2.54. The number of likely N-dealkylation sites (tertiary alicyclic amines) is 1. The molecule has 2 aliphatic rings. The van der Waals surface area contributed by atoms with E-state index in [0.29, 0.717) is 50.3 Å². The lowest BCUT2D eigenvalue weighted by Gasteiger charge is -2.38. The Morgan fingerprint density at radius 2 is 2.14 bits per heavy atom. The largest absolute Gasteiger partial charge is 0.459 e. The van der Waals surface area contributed by atoms with Crippen molar-refractivity contribution in [3.05, 3.63) is 52.1 Å². The summed E-state index contributed by atoms with van der Waals surface area (Å²) in [5, 5.41) is 0. The van der Waals surface area contributed by atoms with Crippen LogP contribution < -0.4 is 5.56 Å². The van der Waals surface area contributed by atoms with Crippen LogP contribution in [0.3, 0.4) is 0 Å². The van der Waals surface area contributed by atoms with Crippen molar-refractivity contribution < 1.29 is 14.0 Å². The molecule has 2 aromatic rings. The first-order valence-corrected chi connectivity index (χ1v) is 9.80. The molecule has 0 aliphatic carbocycles. The van der Waals surface area contributed by atoms with Gasteiger partial charge in [-0.05, 0) is 44.7 Å². The van der Waals surface area contributed by atoms with E-state index >= 15 is 0 Å². The summed E-state index contributed by atoms with van der Waals surface area (Å²) >= 11 is 0. The van der Waals surface area contributed by atoms with Crippen molar-refractivity contribution in [2.75, 3.05) is 13.1 Å². The molecule has 148 valence electrons. The molecule has 0 spiro atoms. The van der Waals surface area contributed by atoms with E-state index in [-0.39, 0.29) is 23.1 Å². The molecular weight excluding hydrogens is 360 g/mol. The zero-order chi connectivity index (χ0) is 19.7. The Labute approximate surface area is 162 Å². The number of rotatable bonds is 3. The monoisotopic (exact) mass is 384 g/mol. The van der Waals surface area contributed by atoms with Crippen LogP contribution in [0.25, 0.3) is 0 Å².